The SMILES string of the molecule is COC(=O)C1(c2ccc(C)cc2)C(CNC(=O)OC(C)(C)C)=C(CC(C)C)N=C(C)C1(F)C(=O)OCc1ccccc1. The van der Waals surface area contributed by atoms with E-state index in [-0.39, 0.29) is 35.9 Å². The molecule has 2 atom stereocenters. The lowest BCUT2D eigenvalue weighted by atomic mass is 9.59. The summed E-state index contributed by atoms with van der Waals surface area (Å²) in [7, 11) is 1.14. The van der Waals surface area contributed by atoms with E-state index < -0.39 is 34.7 Å². The fourth-order valence-electron chi connectivity index (χ4n) is 5.14. The second-order valence-electron chi connectivity index (χ2n) is 11.9. The van der Waals surface area contributed by atoms with Gasteiger partial charge in [-0.2, -0.15) is 0 Å². The number of amides is 1. The van der Waals surface area contributed by atoms with E-state index in [0.29, 0.717) is 17.7 Å². The quantitative estimate of drug-likeness (QED) is 0.282. The summed E-state index contributed by atoms with van der Waals surface area (Å²) in [5.41, 5.74) is -4.42. The first kappa shape index (κ1) is 32.5. The Bertz CT molecular complexity index is 1360. The van der Waals surface area contributed by atoms with Crippen molar-refractivity contribution in [2.45, 2.75) is 78.2 Å². The highest BCUT2D eigenvalue weighted by molar-refractivity contribution is 6.18. The van der Waals surface area contributed by atoms with Crippen LogP contribution in [0.1, 0.15) is 64.7 Å². The number of alkyl halides is 1. The number of esters is 2. The number of rotatable bonds is 9. The lowest BCUT2D eigenvalue weighted by Crippen LogP contribution is -2.66. The van der Waals surface area contributed by atoms with Crippen molar-refractivity contribution in [3.63, 3.8) is 0 Å². The molecule has 3 rings (SSSR count). The Labute approximate surface area is 247 Å². The Morgan fingerprint density at radius 3 is 2.14 bits per heavy atom. The van der Waals surface area contributed by atoms with Gasteiger partial charge in [0.05, 0.1) is 12.8 Å². The van der Waals surface area contributed by atoms with E-state index in [2.05, 4.69) is 10.3 Å². The number of nitrogens with one attached hydrogen (secondary N) is 1. The molecule has 1 heterocycles. The largest absolute Gasteiger partial charge is 0.468 e. The maximum Gasteiger partial charge on any atom is 0.407 e. The van der Waals surface area contributed by atoms with Crippen molar-refractivity contribution in [2.24, 2.45) is 10.9 Å². The summed E-state index contributed by atoms with van der Waals surface area (Å²) < 4.78 is 34.3. The molecule has 42 heavy (non-hydrogen) atoms. The Morgan fingerprint density at radius 1 is 0.976 bits per heavy atom. The van der Waals surface area contributed by atoms with Crippen LogP contribution in [0.3, 0.4) is 0 Å². The van der Waals surface area contributed by atoms with Gasteiger partial charge in [-0.1, -0.05) is 74.0 Å². The Morgan fingerprint density at radius 2 is 1.60 bits per heavy atom. The molecule has 9 heteroatoms. The van der Waals surface area contributed by atoms with E-state index in [1.807, 2.05) is 26.8 Å². The van der Waals surface area contributed by atoms with Crippen molar-refractivity contribution in [3.8, 4) is 0 Å². The first-order chi connectivity index (χ1) is 19.7. The first-order valence-corrected chi connectivity index (χ1v) is 14.0. The number of methoxy groups -OCH3 is 1. The third kappa shape index (κ3) is 6.55. The van der Waals surface area contributed by atoms with Crippen LogP contribution in [0.4, 0.5) is 9.18 Å². The minimum absolute atomic E-state index is 0.0404. The van der Waals surface area contributed by atoms with E-state index in [1.165, 1.54) is 6.92 Å². The van der Waals surface area contributed by atoms with Gasteiger partial charge >= 0.3 is 18.0 Å². The molecule has 1 aliphatic heterocycles. The smallest absolute Gasteiger partial charge is 0.407 e. The summed E-state index contributed by atoms with van der Waals surface area (Å²) in [6.45, 7) is 11.7. The number of carbonyl (C=O) groups excluding carboxylic acids is 3. The molecule has 0 fully saturated rings. The van der Waals surface area contributed by atoms with Crippen LogP contribution < -0.4 is 5.32 Å². The second kappa shape index (κ2) is 12.9. The van der Waals surface area contributed by atoms with Crippen molar-refractivity contribution < 1.29 is 33.0 Å². The van der Waals surface area contributed by atoms with Gasteiger partial charge in [-0.25, -0.2) is 14.0 Å². The van der Waals surface area contributed by atoms with Crippen molar-refractivity contribution >= 4 is 23.7 Å². The van der Waals surface area contributed by atoms with Crippen LogP contribution in [0, 0.1) is 12.8 Å². The monoisotopic (exact) mass is 580 g/mol. The number of alkyl carbamates (subject to hydrolysis) is 1. The summed E-state index contributed by atoms with van der Waals surface area (Å²) in [5.74, 6) is -2.28. The van der Waals surface area contributed by atoms with Gasteiger partial charge in [0.2, 0.25) is 0 Å². The molecule has 0 saturated heterocycles. The number of halogens is 1. The molecule has 8 nitrogen and oxygen atoms in total. The molecule has 0 spiro atoms. The van der Waals surface area contributed by atoms with E-state index in [1.54, 1.807) is 69.3 Å². The minimum Gasteiger partial charge on any atom is -0.468 e. The summed E-state index contributed by atoms with van der Waals surface area (Å²) in [4.78, 5) is 45.4. The number of benzene rings is 2. The molecular formula is C33H41FN2O6. The average Bonchev–Trinajstić information content (AvgIpc) is 2.92. The molecule has 226 valence electrons. The van der Waals surface area contributed by atoms with Crippen molar-refractivity contribution in [1.29, 1.82) is 0 Å². The normalized spacial score (nSPS) is 20.6. The van der Waals surface area contributed by atoms with Crippen LogP contribution in [0.25, 0.3) is 0 Å². The zero-order chi connectivity index (χ0) is 31.3. The van der Waals surface area contributed by atoms with Crippen molar-refractivity contribution in [1.82, 2.24) is 5.32 Å². The van der Waals surface area contributed by atoms with Crippen LogP contribution in [0.2, 0.25) is 0 Å². The zero-order valence-electron chi connectivity index (χ0n) is 25.7. The van der Waals surface area contributed by atoms with Gasteiger partial charge in [0.1, 0.15) is 12.2 Å². The Balaban J connectivity index is 2.30. The van der Waals surface area contributed by atoms with Gasteiger partial charge in [-0.3, -0.25) is 9.79 Å². The summed E-state index contributed by atoms with van der Waals surface area (Å²) >= 11 is 0. The maximum atomic E-state index is 18.1. The molecule has 0 aliphatic carbocycles. The van der Waals surface area contributed by atoms with Gasteiger partial charge < -0.3 is 19.5 Å². The summed E-state index contributed by atoms with van der Waals surface area (Å²) in [5, 5.41) is 2.66. The molecule has 0 saturated carbocycles. The van der Waals surface area contributed by atoms with E-state index in [0.717, 1.165) is 12.7 Å². The number of allylic oxidation sites excluding steroid dienone is 1. The topological polar surface area (TPSA) is 103 Å². The van der Waals surface area contributed by atoms with Gasteiger partial charge in [-0.05, 0) is 63.7 Å². The van der Waals surface area contributed by atoms with Gasteiger partial charge in [0.25, 0.3) is 5.67 Å². The van der Waals surface area contributed by atoms with E-state index in [9.17, 15) is 14.4 Å². The number of hydrogen-bond acceptors (Lipinski definition) is 7. The van der Waals surface area contributed by atoms with Crippen LogP contribution in [-0.4, -0.2) is 48.7 Å². The van der Waals surface area contributed by atoms with Crippen LogP contribution in [0.15, 0.2) is 70.9 Å². The Hall–Kier alpha value is -4.01. The average molecular weight is 581 g/mol. The van der Waals surface area contributed by atoms with Crippen molar-refractivity contribution in [3.05, 3.63) is 82.6 Å². The van der Waals surface area contributed by atoms with Crippen LogP contribution in [0.5, 0.6) is 0 Å². The highest BCUT2D eigenvalue weighted by Gasteiger charge is 2.70. The fraction of sp³-hybridized carbons (Fsp3) is 0.455. The fourth-order valence-corrected chi connectivity index (χ4v) is 5.14. The first-order valence-electron chi connectivity index (χ1n) is 14.0. The highest BCUT2D eigenvalue weighted by Crippen LogP contribution is 2.51. The molecule has 1 N–H and O–H groups in total. The molecule has 2 unspecified atom stereocenters. The molecular weight excluding hydrogens is 539 g/mol. The van der Waals surface area contributed by atoms with Gasteiger partial charge in [0, 0.05) is 12.2 Å². The van der Waals surface area contributed by atoms with Gasteiger partial charge in [-0.15, -0.1) is 0 Å². The number of aryl methyl sites for hydroxylation is 1. The molecule has 2 aromatic rings. The van der Waals surface area contributed by atoms with Crippen LogP contribution >= 0.6 is 0 Å². The summed E-state index contributed by atoms with van der Waals surface area (Å²) in [6, 6.07) is 15.4. The number of carbonyl (C=O) groups is 3. The maximum absolute atomic E-state index is 18.1. The van der Waals surface area contributed by atoms with Gasteiger partial charge in [0.15, 0.2) is 5.41 Å². The molecule has 1 amide bonds. The zero-order valence-corrected chi connectivity index (χ0v) is 25.7. The lowest BCUT2D eigenvalue weighted by Gasteiger charge is -2.46. The standard InChI is InChI=1S/C33H41FN2O6/c1-21(2)18-27-26(19-35-30(39)42-31(5,6)7)32(28(37)40-8,25-16-14-22(3)15-17-25)33(34,23(4)36-27)29(38)41-20-24-12-10-9-11-13-24/h9-17,21H,18-20H2,1-8H3,(H,35,39). The minimum atomic E-state index is -3.12. The third-order valence-electron chi connectivity index (χ3n) is 7.00. The number of hydrogen-bond donors (Lipinski definition) is 1. The molecule has 2 aromatic carbocycles. The van der Waals surface area contributed by atoms with E-state index >= 15 is 4.39 Å². The summed E-state index contributed by atoms with van der Waals surface area (Å²) in [6.07, 6.45) is -0.438. The van der Waals surface area contributed by atoms with Crippen LogP contribution in [-0.2, 0) is 35.8 Å². The highest BCUT2D eigenvalue weighted by atomic mass is 19.1. The second-order valence-corrected chi connectivity index (χ2v) is 11.9. The predicted octanol–water partition coefficient (Wildman–Crippen LogP) is 6.16. The van der Waals surface area contributed by atoms with Crippen molar-refractivity contribution in [2.75, 3.05) is 13.7 Å². The third-order valence-corrected chi connectivity index (χ3v) is 7.00. The molecule has 1 aliphatic rings. The molecule has 0 bridgehead atoms. The number of nitrogens with zero attached hydrogens (tertiary/aromatic N) is 1. The molecule has 0 aromatic heterocycles. The lowest BCUT2D eigenvalue weighted by molar-refractivity contribution is -0.167. The Kier molecular flexibility index (Phi) is 9.97. The number of ether oxygens (including phenoxy) is 3. The predicted molar refractivity (Wildman–Crippen MR) is 159 cm³/mol. The molecule has 0 radical (unpaired) electrons. The van der Waals surface area contributed by atoms with E-state index in [4.69, 9.17) is 14.2 Å². The number of aliphatic imine (C=N–C) groups is 1.